The summed E-state index contributed by atoms with van der Waals surface area (Å²) in [7, 11) is 0. The van der Waals surface area contributed by atoms with E-state index >= 15 is 0 Å². The first-order valence-corrected chi connectivity index (χ1v) is 7.53. The van der Waals surface area contributed by atoms with Gasteiger partial charge in [-0.3, -0.25) is 0 Å². The van der Waals surface area contributed by atoms with Crippen LogP contribution in [0.5, 0.6) is 0 Å². The molecular formula is C14H15BrN2S. The van der Waals surface area contributed by atoms with Gasteiger partial charge in [-0.05, 0) is 36.8 Å². The van der Waals surface area contributed by atoms with Crippen molar-refractivity contribution in [1.29, 1.82) is 0 Å². The fourth-order valence-electron chi connectivity index (χ4n) is 1.47. The van der Waals surface area contributed by atoms with Gasteiger partial charge in [0, 0.05) is 15.9 Å². The molecule has 1 aromatic carbocycles. The Balaban J connectivity index is 2.09. The zero-order valence-corrected chi connectivity index (χ0v) is 12.6. The highest BCUT2D eigenvalue weighted by molar-refractivity contribution is 9.10. The third-order valence-electron chi connectivity index (χ3n) is 2.30. The van der Waals surface area contributed by atoms with Crippen LogP contribution in [0.15, 0.2) is 56.9 Å². The summed E-state index contributed by atoms with van der Waals surface area (Å²) < 4.78 is 1.09. The molecule has 2 rings (SSSR count). The smallest absolute Gasteiger partial charge is 0.127 e. The molecule has 0 unspecified atom stereocenters. The molecule has 0 radical (unpaired) electrons. The predicted molar refractivity (Wildman–Crippen MR) is 81.3 cm³/mol. The van der Waals surface area contributed by atoms with Gasteiger partial charge in [0.05, 0.1) is 0 Å². The van der Waals surface area contributed by atoms with E-state index in [9.17, 15) is 0 Å². The zero-order valence-electron chi connectivity index (χ0n) is 10.2. The summed E-state index contributed by atoms with van der Waals surface area (Å²) in [4.78, 5) is 5.76. The van der Waals surface area contributed by atoms with Gasteiger partial charge >= 0.3 is 0 Å². The van der Waals surface area contributed by atoms with E-state index in [1.807, 2.05) is 30.3 Å². The van der Waals surface area contributed by atoms with Gasteiger partial charge in [0.1, 0.15) is 10.8 Å². The highest BCUT2D eigenvalue weighted by Gasteiger charge is 2.01. The van der Waals surface area contributed by atoms with Crippen LogP contribution in [-0.2, 0) is 0 Å². The first-order chi connectivity index (χ1) is 8.78. The Labute approximate surface area is 120 Å². The number of benzene rings is 1. The number of rotatable bonds is 5. The lowest BCUT2D eigenvalue weighted by atomic mass is 10.4. The molecule has 1 N–H and O–H groups in total. The molecule has 0 spiro atoms. The second kappa shape index (κ2) is 6.81. The normalized spacial score (nSPS) is 10.3. The Kier molecular flexibility index (Phi) is 5.08. The SMILES string of the molecule is CCCNc1cccc(Sc2cccc(Br)c2)n1. The van der Waals surface area contributed by atoms with Crippen LogP contribution in [0, 0.1) is 0 Å². The van der Waals surface area contributed by atoms with Crippen LogP contribution < -0.4 is 5.32 Å². The van der Waals surface area contributed by atoms with Gasteiger partial charge in [-0.15, -0.1) is 0 Å². The lowest BCUT2D eigenvalue weighted by molar-refractivity contribution is 0.960. The molecule has 0 aliphatic heterocycles. The molecule has 0 saturated carbocycles. The number of anilines is 1. The van der Waals surface area contributed by atoms with Crippen LogP contribution in [0.3, 0.4) is 0 Å². The number of nitrogens with one attached hydrogen (secondary N) is 1. The lowest BCUT2D eigenvalue weighted by Crippen LogP contribution is -2.01. The van der Waals surface area contributed by atoms with E-state index < -0.39 is 0 Å². The summed E-state index contributed by atoms with van der Waals surface area (Å²) in [5.74, 6) is 0.942. The molecule has 2 aromatic rings. The molecule has 1 aromatic heterocycles. The molecule has 2 nitrogen and oxygen atoms in total. The van der Waals surface area contributed by atoms with Crippen LogP contribution in [0.4, 0.5) is 5.82 Å². The molecule has 0 aliphatic rings. The summed E-state index contributed by atoms with van der Waals surface area (Å²) in [5, 5.41) is 4.31. The Morgan fingerprint density at radius 2 is 2.06 bits per heavy atom. The fraction of sp³-hybridized carbons (Fsp3) is 0.214. The van der Waals surface area contributed by atoms with Crippen molar-refractivity contribution in [2.75, 3.05) is 11.9 Å². The van der Waals surface area contributed by atoms with Gasteiger partial charge < -0.3 is 5.32 Å². The highest BCUT2D eigenvalue weighted by Crippen LogP contribution is 2.28. The molecule has 0 saturated heterocycles. The van der Waals surface area contributed by atoms with Crippen molar-refractivity contribution < 1.29 is 0 Å². The number of nitrogens with zero attached hydrogens (tertiary/aromatic N) is 1. The molecule has 18 heavy (non-hydrogen) atoms. The van der Waals surface area contributed by atoms with Crippen LogP contribution in [0.2, 0.25) is 0 Å². The van der Waals surface area contributed by atoms with Gasteiger partial charge in [-0.25, -0.2) is 4.98 Å². The van der Waals surface area contributed by atoms with E-state index in [4.69, 9.17) is 0 Å². The Morgan fingerprint density at radius 3 is 2.83 bits per heavy atom. The van der Waals surface area contributed by atoms with E-state index in [2.05, 4.69) is 45.3 Å². The minimum atomic E-state index is 0.942. The quantitative estimate of drug-likeness (QED) is 0.854. The van der Waals surface area contributed by atoms with Gasteiger partial charge in [-0.1, -0.05) is 46.7 Å². The monoisotopic (exact) mass is 322 g/mol. The lowest BCUT2D eigenvalue weighted by Gasteiger charge is -2.06. The summed E-state index contributed by atoms with van der Waals surface area (Å²) in [5.41, 5.74) is 0. The molecule has 0 amide bonds. The van der Waals surface area contributed by atoms with Crippen molar-refractivity contribution in [2.24, 2.45) is 0 Å². The average Bonchev–Trinajstić information content (AvgIpc) is 2.37. The van der Waals surface area contributed by atoms with Gasteiger partial charge in [0.25, 0.3) is 0 Å². The third kappa shape index (κ3) is 4.03. The first-order valence-electron chi connectivity index (χ1n) is 5.92. The van der Waals surface area contributed by atoms with Gasteiger partial charge in [0.15, 0.2) is 0 Å². The molecule has 0 aliphatic carbocycles. The van der Waals surface area contributed by atoms with Crippen LogP contribution >= 0.6 is 27.7 Å². The minimum absolute atomic E-state index is 0.942. The highest BCUT2D eigenvalue weighted by atomic mass is 79.9. The van der Waals surface area contributed by atoms with Crippen molar-refractivity contribution in [3.8, 4) is 0 Å². The molecule has 0 bridgehead atoms. The third-order valence-corrected chi connectivity index (χ3v) is 3.72. The first kappa shape index (κ1) is 13.4. The summed E-state index contributed by atoms with van der Waals surface area (Å²) in [6.07, 6.45) is 1.10. The Morgan fingerprint density at radius 1 is 1.22 bits per heavy atom. The summed E-state index contributed by atoms with van der Waals surface area (Å²) in [6.45, 7) is 3.10. The molecule has 4 heteroatoms. The Hall–Kier alpha value is -1.00. The number of hydrogen-bond acceptors (Lipinski definition) is 3. The predicted octanol–water partition coefficient (Wildman–Crippen LogP) is 4.82. The average molecular weight is 323 g/mol. The molecule has 1 heterocycles. The van der Waals surface area contributed by atoms with Crippen molar-refractivity contribution in [3.05, 3.63) is 46.9 Å². The molecular weight excluding hydrogens is 308 g/mol. The second-order valence-electron chi connectivity index (χ2n) is 3.85. The maximum atomic E-state index is 4.57. The van der Waals surface area contributed by atoms with Gasteiger partial charge in [0.2, 0.25) is 0 Å². The molecule has 94 valence electrons. The van der Waals surface area contributed by atoms with Crippen molar-refractivity contribution in [3.63, 3.8) is 0 Å². The van der Waals surface area contributed by atoms with E-state index in [0.717, 1.165) is 28.3 Å². The largest absolute Gasteiger partial charge is 0.370 e. The van der Waals surface area contributed by atoms with E-state index in [1.54, 1.807) is 11.8 Å². The fourth-order valence-corrected chi connectivity index (χ4v) is 2.89. The standard InChI is InChI=1S/C14H15BrN2S/c1-2-9-16-13-7-4-8-14(17-13)18-12-6-3-5-11(15)10-12/h3-8,10H,2,9H2,1H3,(H,16,17). The minimum Gasteiger partial charge on any atom is -0.370 e. The number of hydrogen-bond donors (Lipinski definition) is 1. The molecule has 0 atom stereocenters. The Bertz CT molecular complexity index is 517. The van der Waals surface area contributed by atoms with Crippen LogP contribution in [0.1, 0.15) is 13.3 Å². The maximum Gasteiger partial charge on any atom is 0.127 e. The van der Waals surface area contributed by atoms with E-state index in [-0.39, 0.29) is 0 Å². The van der Waals surface area contributed by atoms with Crippen molar-refractivity contribution in [1.82, 2.24) is 4.98 Å². The zero-order chi connectivity index (χ0) is 12.8. The summed E-state index contributed by atoms with van der Waals surface area (Å²) in [6, 6.07) is 14.3. The van der Waals surface area contributed by atoms with Crippen LogP contribution in [0.25, 0.3) is 0 Å². The van der Waals surface area contributed by atoms with Crippen LogP contribution in [-0.4, -0.2) is 11.5 Å². The maximum absolute atomic E-state index is 4.57. The van der Waals surface area contributed by atoms with E-state index in [1.165, 1.54) is 4.90 Å². The van der Waals surface area contributed by atoms with Crippen molar-refractivity contribution in [2.45, 2.75) is 23.3 Å². The van der Waals surface area contributed by atoms with Gasteiger partial charge in [-0.2, -0.15) is 0 Å². The topological polar surface area (TPSA) is 24.9 Å². The molecule has 0 fully saturated rings. The second-order valence-corrected chi connectivity index (χ2v) is 5.86. The number of halogens is 1. The van der Waals surface area contributed by atoms with E-state index in [0.29, 0.717) is 0 Å². The van der Waals surface area contributed by atoms with Crippen molar-refractivity contribution >= 4 is 33.5 Å². The number of aromatic nitrogens is 1. The number of pyridine rings is 1. The summed E-state index contributed by atoms with van der Waals surface area (Å²) >= 11 is 5.15.